The van der Waals surface area contributed by atoms with E-state index in [1.807, 2.05) is 0 Å². The van der Waals surface area contributed by atoms with Crippen molar-refractivity contribution in [1.29, 1.82) is 0 Å². The van der Waals surface area contributed by atoms with Crippen LogP contribution < -0.4 is 5.32 Å². The van der Waals surface area contributed by atoms with E-state index < -0.39 is 10.2 Å². The second kappa shape index (κ2) is 9.85. The number of methoxy groups -OCH3 is 1. The number of hydrogen-bond donors (Lipinski definition) is 1. The maximum Gasteiger partial charge on any atom is 0.282 e. The first-order valence-corrected chi connectivity index (χ1v) is 14.0. The van der Waals surface area contributed by atoms with Gasteiger partial charge in [-0.05, 0) is 58.4 Å². The number of nitrogens with one attached hydrogen (secondary N) is 1. The van der Waals surface area contributed by atoms with Crippen LogP contribution in [0.4, 0.5) is 0 Å². The summed E-state index contributed by atoms with van der Waals surface area (Å²) in [4.78, 5) is 15.0. The molecular formula is C23H37N5O5S. The first-order chi connectivity index (χ1) is 16.4. The van der Waals surface area contributed by atoms with Crippen LogP contribution in [0, 0.1) is 0 Å². The van der Waals surface area contributed by atoms with Crippen LogP contribution in [-0.4, -0.2) is 97.6 Å². The molecule has 4 heterocycles. The van der Waals surface area contributed by atoms with Crippen LogP contribution in [0.1, 0.15) is 73.5 Å². The molecule has 3 atom stereocenters. The predicted molar refractivity (Wildman–Crippen MR) is 126 cm³/mol. The lowest BCUT2D eigenvalue weighted by Gasteiger charge is -2.43. The van der Waals surface area contributed by atoms with E-state index in [0.717, 1.165) is 50.8 Å². The minimum Gasteiger partial charge on any atom is -0.383 e. The normalized spacial score (nSPS) is 29.1. The van der Waals surface area contributed by atoms with Crippen molar-refractivity contribution in [2.75, 3.05) is 40.4 Å². The van der Waals surface area contributed by atoms with Crippen LogP contribution in [-0.2, 0) is 14.9 Å². The Kier molecular flexibility index (Phi) is 7.00. The molecule has 1 N–H and O–H groups in total. The Morgan fingerprint density at radius 2 is 1.85 bits per heavy atom. The van der Waals surface area contributed by atoms with Crippen LogP contribution in [0.2, 0.25) is 0 Å². The number of fused-ring (bicyclic) bond motifs is 2. The number of amides is 1. The topological polar surface area (TPSA) is 108 Å². The molecule has 3 saturated heterocycles. The molecule has 1 saturated carbocycles. The summed E-state index contributed by atoms with van der Waals surface area (Å²) >= 11 is 0. The molecule has 1 amide bonds. The van der Waals surface area contributed by atoms with Crippen LogP contribution in [0.25, 0.3) is 0 Å². The quantitative estimate of drug-likeness (QED) is 0.554. The first-order valence-electron chi connectivity index (χ1n) is 12.6. The van der Waals surface area contributed by atoms with Crippen LogP contribution >= 0.6 is 0 Å². The zero-order chi connectivity index (χ0) is 23.9. The number of hydrogen-bond acceptors (Lipinski definition) is 7. The highest BCUT2D eigenvalue weighted by molar-refractivity contribution is 7.86. The number of carbonyl (C=O) groups is 1. The Morgan fingerprint density at radius 3 is 2.47 bits per heavy atom. The molecule has 4 aliphatic rings. The summed E-state index contributed by atoms with van der Waals surface area (Å²) < 4.78 is 41.1. The van der Waals surface area contributed by atoms with E-state index in [-0.39, 0.29) is 24.0 Å². The number of piperidine rings is 2. The summed E-state index contributed by atoms with van der Waals surface area (Å²) in [5.74, 6) is 0.977. The van der Waals surface area contributed by atoms with Crippen molar-refractivity contribution in [2.45, 2.75) is 81.5 Å². The highest BCUT2D eigenvalue weighted by atomic mass is 32.2. The molecule has 0 unspecified atom stereocenters. The molecular weight excluding hydrogens is 458 g/mol. The van der Waals surface area contributed by atoms with Gasteiger partial charge in [-0.15, -0.1) is 0 Å². The zero-order valence-corrected chi connectivity index (χ0v) is 21.0. The van der Waals surface area contributed by atoms with Gasteiger partial charge in [-0.1, -0.05) is 5.16 Å². The van der Waals surface area contributed by atoms with Gasteiger partial charge in [-0.3, -0.25) is 4.79 Å². The smallest absolute Gasteiger partial charge is 0.282 e. The molecule has 34 heavy (non-hydrogen) atoms. The molecule has 2 bridgehead atoms. The van der Waals surface area contributed by atoms with E-state index in [2.05, 4.69) is 22.4 Å². The van der Waals surface area contributed by atoms with Crippen molar-refractivity contribution in [3.63, 3.8) is 0 Å². The van der Waals surface area contributed by atoms with E-state index in [9.17, 15) is 13.2 Å². The van der Waals surface area contributed by atoms with Crippen molar-refractivity contribution in [2.24, 2.45) is 0 Å². The SMILES string of the molecule is COCCN(C)C1CCN(S(=O)(=O)N2[C@@H]3CC[C@H]2C[C@@H](NC(=O)c2cc(C4CC4)on2)C3)CC1. The monoisotopic (exact) mass is 495 g/mol. The third-order valence-electron chi connectivity index (χ3n) is 8.03. The lowest BCUT2D eigenvalue weighted by molar-refractivity contribution is 0.0894. The Morgan fingerprint density at radius 1 is 1.18 bits per heavy atom. The number of carbonyl (C=O) groups excluding carboxylic acids is 1. The molecule has 0 aromatic carbocycles. The summed E-state index contributed by atoms with van der Waals surface area (Å²) in [6.45, 7) is 2.64. The van der Waals surface area contributed by atoms with Gasteiger partial charge in [0.25, 0.3) is 16.1 Å². The lowest BCUT2D eigenvalue weighted by Crippen LogP contribution is -2.57. The highest BCUT2D eigenvalue weighted by Gasteiger charge is 2.49. The Balaban J connectivity index is 1.16. The molecule has 3 aliphatic heterocycles. The van der Waals surface area contributed by atoms with E-state index in [0.29, 0.717) is 50.2 Å². The molecule has 1 aromatic rings. The van der Waals surface area contributed by atoms with Gasteiger partial charge in [0.05, 0.1) is 6.61 Å². The molecule has 4 fully saturated rings. The zero-order valence-electron chi connectivity index (χ0n) is 20.2. The molecule has 1 aromatic heterocycles. The Bertz CT molecular complexity index is 958. The Labute approximate surface area is 202 Å². The van der Waals surface area contributed by atoms with Gasteiger partial charge >= 0.3 is 0 Å². The summed E-state index contributed by atoms with van der Waals surface area (Å²) in [5, 5.41) is 7.02. The minimum atomic E-state index is -3.51. The number of nitrogens with zero attached hydrogens (tertiary/aromatic N) is 4. The summed E-state index contributed by atoms with van der Waals surface area (Å²) in [6.07, 6.45) is 6.84. The van der Waals surface area contributed by atoms with Gasteiger partial charge in [-0.2, -0.15) is 17.0 Å². The molecule has 0 radical (unpaired) electrons. The Hall–Kier alpha value is -1.53. The van der Waals surface area contributed by atoms with Crippen LogP contribution in [0.3, 0.4) is 0 Å². The third kappa shape index (κ3) is 4.90. The molecule has 190 valence electrons. The van der Waals surface area contributed by atoms with Gasteiger partial charge in [0.2, 0.25) is 0 Å². The van der Waals surface area contributed by atoms with Crippen molar-refractivity contribution in [3.8, 4) is 0 Å². The largest absolute Gasteiger partial charge is 0.383 e. The predicted octanol–water partition coefficient (Wildman–Crippen LogP) is 1.56. The van der Waals surface area contributed by atoms with Crippen molar-refractivity contribution < 1.29 is 22.5 Å². The maximum absolute atomic E-state index is 13.6. The fourth-order valence-corrected chi connectivity index (χ4v) is 7.98. The summed E-state index contributed by atoms with van der Waals surface area (Å²) in [5.41, 5.74) is 0.322. The van der Waals surface area contributed by atoms with E-state index >= 15 is 0 Å². The van der Waals surface area contributed by atoms with Gasteiger partial charge in [-0.25, -0.2) is 0 Å². The second-order valence-corrected chi connectivity index (χ2v) is 12.2. The third-order valence-corrected chi connectivity index (χ3v) is 10.2. The van der Waals surface area contributed by atoms with Crippen LogP contribution in [0.15, 0.2) is 10.6 Å². The number of likely N-dealkylation sites (N-methyl/N-ethyl adjacent to an activating group) is 1. The van der Waals surface area contributed by atoms with Crippen molar-refractivity contribution in [3.05, 3.63) is 17.5 Å². The van der Waals surface area contributed by atoms with Gasteiger partial charge in [0, 0.05) is 62.9 Å². The van der Waals surface area contributed by atoms with Gasteiger partial charge in [0.15, 0.2) is 5.69 Å². The first kappa shape index (κ1) is 24.2. The van der Waals surface area contributed by atoms with Gasteiger partial charge in [0.1, 0.15) is 5.76 Å². The van der Waals surface area contributed by atoms with E-state index in [1.54, 1.807) is 21.8 Å². The fraction of sp³-hybridized carbons (Fsp3) is 0.826. The lowest BCUT2D eigenvalue weighted by atomic mass is 9.99. The van der Waals surface area contributed by atoms with Crippen molar-refractivity contribution in [1.82, 2.24) is 24.0 Å². The standard InChI is InChI=1S/C23H37N5O5S/c1-26(11-12-32-2)18-7-9-27(10-8-18)34(30,31)28-19-5-6-20(28)14-17(13-19)24-23(29)21-15-22(33-25-21)16-3-4-16/h15-20H,3-14H2,1-2H3,(H,24,29)/t17-,19+,20-. The van der Waals surface area contributed by atoms with E-state index in [4.69, 9.17) is 9.26 Å². The van der Waals surface area contributed by atoms with Gasteiger partial charge < -0.3 is 19.5 Å². The summed E-state index contributed by atoms with van der Waals surface area (Å²) in [6, 6.07) is 1.97. The molecule has 10 nitrogen and oxygen atoms in total. The molecule has 5 rings (SSSR count). The molecule has 1 aliphatic carbocycles. The number of rotatable bonds is 9. The highest BCUT2D eigenvalue weighted by Crippen LogP contribution is 2.41. The fourth-order valence-electron chi connectivity index (χ4n) is 5.91. The number of ether oxygens (including phenoxy) is 1. The molecule has 11 heteroatoms. The van der Waals surface area contributed by atoms with Crippen molar-refractivity contribution >= 4 is 16.1 Å². The summed E-state index contributed by atoms with van der Waals surface area (Å²) in [7, 11) is 0.275. The van der Waals surface area contributed by atoms with Crippen LogP contribution in [0.5, 0.6) is 0 Å². The second-order valence-electron chi connectivity index (χ2n) is 10.4. The average Bonchev–Trinajstić information content (AvgIpc) is 3.48. The molecule has 0 spiro atoms. The average molecular weight is 496 g/mol. The minimum absolute atomic E-state index is 0.0438. The number of aromatic nitrogens is 1. The maximum atomic E-state index is 13.6. The van der Waals surface area contributed by atoms with E-state index in [1.165, 1.54) is 0 Å².